The number of carbonyl (C=O) groups is 1. The molecule has 0 saturated carbocycles. The van der Waals surface area contributed by atoms with Gasteiger partial charge < -0.3 is 10.1 Å². The minimum absolute atomic E-state index is 0.00475. The Morgan fingerprint density at radius 1 is 1.37 bits per heavy atom. The van der Waals surface area contributed by atoms with Crippen LogP contribution in [-0.4, -0.2) is 33.8 Å². The van der Waals surface area contributed by atoms with Crippen molar-refractivity contribution in [3.63, 3.8) is 0 Å². The molecule has 27 heavy (non-hydrogen) atoms. The van der Waals surface area contributed by atoms with Crippen molar-refractivity contribution in [1.82, 2.24) is 15.1 Å². The number of aromatic nitrogens is 2. The van der Waals surface area contributed by atoms with Gasteiger partial charge in [0.25, 0.3) is 11.6 Å². The summed E-state index contributed by atoms with van der Waals surface area (Å²) in [4.78, 5) is 22.5. The highest BCUT2D eigenvalue weighted by Gasteiger charge is 2.39. The quantitative estimate of drug-likeness (QED) is 0.630. The molecule has 1 amide bonds. The monoisotopic (exact) mass is 384 g/mol. The summed E-state index contributed by atoms with van der Waals surface area (Å²) in [5.74, 6) is -0.678. The Kier molecular flexibility index (Phi) is 5.13. The number of nitro benzene ring substituents is 1. The zero-order chi connectivity index (χ0) is 19.6. The maximum Gasteiger partial charge on any atom is 0.435 e. The number of nitro groups is 1. The van der Waals surface area contributed by atoms with Gasteiger partial charge in [-0.2, -0.15) is 18.3 Å². The number of hydrogen-bond acceptors (Lipinski definition) is 5. The van der Waals surface area contributed by atoms with Gasteiger partial charge in [0.15, 0.2) is 5.69 Å². The lowest BCUT2D eigenvalue weighted by molar-refractivity contribution is -0.385. The van der Waals surface area contributed by atoms with Crippen LogP contribution in [0.1, 0.15) is 27.3 Å². The highest BCUT2D eigenvalue weighted by atomic mass is 19.4. The predicted octanol–water partition coefficient (Wildman–Crippen LogP) is 2.31. The molecule has 0 bridgehead atoms. The largest absolute Gasteiger partial charge is 0.435 e. The molecule has 8 nitrogen and oxygen atoms in total. The summed E-state index contributed by atoms with van der Waals surface area (Å²) in [6, 6.07) is 5.43. The normalized spacial score (nSPS) is 13.9. The third-order valence-corrected chi connectivity index (χ3v) is 4.12. The second kappa shape index (κ2) is 7.35. The van der Waals surface area contributed by atoms with Gasteiger partial charge in [-0.25, -0.2) is 0 Å². The van der Waals surface area contributed by atoms with Gasteiger partial charge >= 0.3 is 6.18 Å². The van der Waals surface area contributed by atoms with Crippen molar-refractivity contribution >= 4 is 11.6 Å². The van der Waals surface area contributed by atoms with Crippen LogP contribution < -0.4 is 5.32 Å². The summed E-state index contributed by atoms with van der Waals surface area (Å²) in [6.45, 7) is 0.104. The van der Waals surface area contributed by atoms with Crippen molar-refractivity contribution in [3.8, 4) is 0 Å². The third-order valence-electron chi connectivity index (χ3n) is 4.12. The van der Waals surface area contributed by atoms with Gasteiger partial charge in [0.1, 0.15) is 5.56 Å². The van der Waals surface area contributed by atoms with Crippen molar-refractivity contribution < 1.29 is 27.6 Å². The fourth-order valence-corrected chi connectivity index (χ4v) is 2.92. The molecule has 1 aliphatic rings. The zero-order valence-electron chi connectivity index (χ0n) is 14.0. The van der Waals surface area contributed by atoms with Gasteiger partial charge in [-0.1, -0.05) is 12.1 Å². The molecular formula is C16H15F3N4O4. The molecule has 1 aromatic carbocycles. The molecule has 0 aliphatic carbocycles. The standard InChI is InChI=1S/C16H15F3N4O4/c17-16(18,19)14-11-9-27-8-5-12(11)22(21-14)7-6-20-15(24)10-3-1-2-4-13(10)23(25)26/h1-4H,5-9H2,(H,20,24). The fraction of sp³-hybridized carbons (Fsp3) is 0.375. The van der Waals surface area contributed by atoms with Gasteiger partial charge in [0, 0.05) is 30.3 Å². The molecule has 2 aromatic rings. The van der Waals surface area contributed by atoms with Crippen molar-refractivity contribution in [2.24, 2.45) is 0 Å². The van der Waals surface area contributed by atoms with Gasteiger partial charge in [-0.05, 0) is 6.07 Å². The second-order valence-electron chi connectivity index (χ2n) is 5.83. The Morgan fingerprint density at radius 2 is 2.11 bits per heavy atom. The molecule has 11 heteroatoms. The van der Waals surface area contributed by atoms with Crippen LogP contribution in [0.5, 0.6) is 0 Å². The molecule has 0 fully saturated rings. The lowest BCUT2D eigenvalue weighted by Crippen LogP contribution is -2.29. The number of ether oxygens (including phenoxy) is 1. The number of nitrogens with one attached hydrogen (secondary N) is 1. The van der Waals surface area contributed by atoms with Crippen LogP contribution >= 0.6 is 0 Å². The smallest absolute Gasteiger partial charge is 0.376 e. The van der Waals surface area contributed by atoms with Gasteiger partial charge in [-0.15, -0.1) is 0 Å². The van der Waals surface area contributed by atoms with E-state index in [2.05, 4.69) is 10.4 Å². The van der Waals surface area contributed by atoms with Crippen LogP contribution in [0.2, 0.25) is 0 Å². The number of rotatable bonds is 5. The summed E-state index contributed by atoms with van der Waals surface area (Å²) >= 11 is 0. The van der Waals surface area contributed by atoms with Gasteiger partial charge in [0.05, 0.1) is 24.7 Å². The van der Waals surface area contributed by atoms with Crippen LogP contribution in [-0.2, 0) is 30.5 Å². The molecule has 0 spiro atoms. The van der Waals surface area contributed by atoms with E-state index in [-0.39, 0.29) is 42.9 Å². The molecule has 0 unspecified atom stereocenters. The SMILES string of the molecule is O=C(NCCn1nc(C(F)(F)F)c2c1CCOC2)c1ccccc1[N+](=O)[O-]. The van der Waals surface area contributed by atoms with Crippen molar-refractivity contribution in [3.05, 3.63) is 56.9 Å². The number of alkyl halides is 3. The molecule has 0 atom stereocenters. The molecule has 1 aromatic heterocycles. The van der Waals surface area contributed by atoms with E-state index < -0.39 is 22.7 Å². The lowest BCUT2D eigenvalue weighted by Gasteiger charge is -2.15. The van der Waals surface area contributed by atoms with Gasteiger partial charge in [0.2, 0.25) is 0 Å². The van der Waals surface area contributed by atoms with E-state index in [0.717, 1.165) is 0 Å². The number of carbonyl (C=O) groups excluding carboxylic acids is 1. The first-order chi connectivity index (χ1) is 12.8. The maximum absolute atomic E-state index is 13.1. The average molecular weight is 384 g/mol. The summed E-state index contributed by atoms with van der Waals surface area (Å²) in [7, 11) is 0. The zero-order valence-corrected chi connectivity index (χ0v) is 14.0. The minimum Gasteiger partial charge on any atom is -0.376 e. The summed E-state index contributed by atoms with van der Waals surface area (Å²) in [5, 5.41) is 17.1. The van der Waals surface area contributed by atoms with Crippen molar-refractivity contribution in [2.45, 2.75) is 25.7 Å². The minimum atomic E-state index is -4.59. The Labute approximate surface area is 151 Å². The fourth-order valence-electron chi connectivity index (χ4n) is 2.92. The predicted molar refractivity (Wildman–Crippen MR) is 86.0 cm³/mol. The molecule has 1 N–H and O–H groups in total. The first kappa shape index (κ1) is 18.8. The topological polar surface area (TPSA) is 99.3 Å². The van der Waals surface area contributed by atoms with E-state index in [1.54, 1.807) is 0 Å². The number of fused-ring (bicyclic) bond motifs is 1. The Balaban J connectivity index is 1.72. The molecule has 144 valence electrons. The van der Waals surface area contributed by atoms with E-state index in [0.29, 0.717) is 12.3 Å². The number of halogens is 3. The number of para-hydroxylation sites is 1. The highest BCUT2D eigenvalue weighted by Crippen LogP contribution is 2.34. The first-order valence-electron chi connectivity index (χ1n) is 8.04. The molecule has 2 heterocycles. The second-order valence-corrected chi connectivity index (χ2v) is 5.83. The summed E-state index contributed by atoms with van der Waals surface area (Å²) in [6.07, 6.45) is -4.31. The molecule has 1 aliphatic heterocycles. The Hall–Kier alpha value is -2.95. The van der Waals surface area contributed by atoms with Crippen LogP contribution in [0.3, 0.4) is 0 Å². The number of benzene rings is 1. The van der Waals surface area contributed by atoms with Gasteiger partial charge in [-0.3, -0.25) is 19.6 Å². The Morgan fingerprint density at radius 3 is 2.81 bits per heavy atom. The van der Waals surface area contributed by atoms with E-state index in [4.69, 9.17) is 4.74 Å². The van der Waals surface area contributed by atoms with Crippen molar-refractivity contribution in [1.29, 1.82) is 0 Å². The molecular weight excluding hydrogens is 369 g/mol. The first-order valence-corrected chi connectivity index (χ1v) is 8.04. The van der Waals surface area contributed by atoms with Crippen LogP contribution in [0, 0.1) is 10.1 Å². The van der Waals surface area contributed by atoms with Crippen LogP contribution in [0.15, 0.2) is 24.3 Å². The molecule has 0 saturated heterocycles. The van der Waals surface area contributed by atoms with E-state index in [1.807, 2.05) is 0 Å². The maximum atomic E-state index is 13.1. The number of hydrogen-bond donors (Lipinski definition) is 1. The van der Waals surface area contributed by atoms with E-state index in [1.165, 1.54) is 28.9 Å². The summed E-state index contributed by atoms with van der Waals surface area (Å²) < 4.78 is 45.7. The van der Waals surface area contributed by atoms with E-state index in [9.17, 15) is 28.1 Å². The molecule has 0 radical (unpaired) electrons. The molecule has 3 rings (SSSR count). The van der Waals surface area contributed by atoms with Crippen LogP contribution in [0.25, 0.3) is 0 Å². The number of nitrogens with zero attached hydrogens (tertiary/aromatic N) is 3. The Bertz CT molecular complexity index is 879. The lowest BCUT2D eigenvalue weighted by atomic mass is 10.1. The average Bonchev–Trinajstić information content (AvgIpc) is 3.01. The van der Waals surface area contributed by atoms with Crippen molar-refractivity contribution in [2.75, 3.05) is 13.2 Å². The number of amides is 1. The third kappa shape index (κ3) is 3.92. The summed E-state index contributed by atoms with van der Waals surface area (Å²) in [5.41, 5.74) is -1.01. The van der Waals surface area contributed by atoms with Crippen LogP contribution in [0.4, 0.5) is 18.9 Å². The van der Waals surface area contributed by atoms with E-state index >= 15 is 0 Å². The highest BCUT2D eigenvalue weighted by molar-refractivity contribution is 5.98.